The number of rotatable bonds is 11. The second-order valence-corrected chi connectivity index (χ2v) is 12.8. The Hall–Kier alpha value is -4.15. The first-order valence-corrected chi connectivity index (χ1v) is 16.6. The Morgan fingerprint density at radius 1 is 0.778 bits per heavy atom. The van der Waals surface area contributed by atoms with Crippen LogP contribution in [-0.2, 0) is 25.6 Å². The molecule has 0 radical (unpaired) electrons. The number of carbonyl (C=O) groups excluding carboxylic acids is 3. The second-order valence-electron chi connectivity index (χ2n) is 10.5. The standard InChI is InChI=1S/C35H31NO8Se/c37-32-26-18-10-11-19-27(26)33(38)36(32)29-31(42-22-41-20-23-12-4-1-5-13-23)30(44-34(39)24-14-6-2-7-15-24)28(43-35(29)40)21-45-25-16-8-3-9-17-25/h1-19,28-31,35,40H,20-22H2/t28-,29-,30+,31-,35-/m1/s1. The number of carbonyl (C=O) groups is 3. The van der Waals surface area contributed by atoms with Crippen LogP contribution in [0.5, 0.6) is 0 Å². The molecule has 5 atom stereocenters. The molecule has 0 aromatic heterocycles. The van der Waals surface area contributed by atoms with Crippen molar-refractivity contribution in [1.82, 2.24) is 4.90 Å². The van der Waals surface area contributed by atoms with E-state index in [9.17, 15) is 19.5 Å². The van der Waals surface area contributed by atoms with Crippen LogP contribution in [0.25, 0.3) is 0 Å². The summed E-state index contributed by atoms with van der Waals surface area (Å²) in [4.78, 5) is 41.6. The normalized spacial score (nSPS) is 22.7. The molecular formula is C35H31NO8Se. The fourth-order valence-electron chi connectivity index (χ4n) is 5.45. The molecule has 1 N–H and O–H groups in total. The van der Waals surface area contributed by atoms with Crippen LogP contribution in [0.2, 0.25) is 5.32 Å². The zero-order valence-electron chi connectivity index (χ0n) is 24.1. The molecule has 1 saturated heterocycles. The van der Waals surface area contributed by atoms with Crippen molar-refractivity contribution in [2.24, 2.45) is 0 Å². The number of fused-ring (bicyclic) bond motifs is 1. The van der Waals surface area contributed by atoms with Crippen molar-refractivity contribution in [2.45, 2.75) is 42.6 Å². The van der Waals surface area contributed by atoms with Gasteiger partial charge in [-0.3, -0.25) is 0 Å². The molecule has 230 valence electrons. The first kappa shape index (κ1) is 30.9. The average Bonchev–Trinajstić information content (AvgIpc) is 3.33. The van der Waals surface area contributed by atoms with Crippen molar-refractivity contribution in [1.29, 1.82) is 0 Å². The average molecular weight is 673 g/mol. The van der Waals surface area contributed by atoms with E-state index in [4.69, 9.17) is 18.9 Å². The SMILES string of the molecule is O=C(O[C@@H]1[C@H](OCOCc2ccccc2)[C@@H](N2C(=O)c3ccccc3C2=O)[C@H](O)O[C@@H]1C[Se]c1ccccc1)c1ccccc1. The molecule has 4 aromatic rings. The number of nitrogens with zero attached hydrogens (tertiary/aromatic N) is 1. The number of imide groups is 1. The molecule has 0 spiro atoms. The number of aliphatic hydroxyl groups excluding tert-OH is 1. The van der Waals surface area contributed by atoms with Crippen LogP contribution in [0.15, 0.2) is 115 Å². The summed E-state index contributed by atoms with van der Waals surface area (Å²) in [5.41, 5.74) is 1.65. The molecule has 0 unspecified atom stereocenters. The van der Waals surface area contributed by atoms with Gasteiger partial charge in [0.1, 0.15) is 0 Å². The van der Waals surface area contributed by atoms with Gasteiger partial charge in [0.25, 0.3) is 0 Å². The van der Waals surface area contributed by atoms with E-state index in [0.717, 1.165) is 14.9 Å². The Kier molecular flexibility index (Phi) is 9.81. The van der Waals surface area contributed by atoms with Crippen LogP contribution in [0.3, 0.4) is 0 Å². The van der Waals surface area contributed by atoms with Gasteiger partial charge in [-0.1, -0.05) is 0 Å². The minimum absolute atomic E-state index is 0.125. The van der Waals surface area contributed by atoms with E-state index in [1.54, 1.807) is 54.6 Å². The number of hydrogen-bond donors (Lipinski definition) is 1. The molecule has 0 aliphatic carbocycles. The summed E-state index contributed by atoms with van der Waals surface area (Å²) in [7, 11) is 0. The predicted octanol–water partition coefficient (Wildman–Crippen LogP) is 3.60. The van der Waals surface area contributed by atoms with Crippen LogP contribution < -0.4 is 4.46 Å². The maximum atomic E-state index is 13.6. The maximum absolute atomic E-state index is 13.6. The monoisotopic (exact) mass is 673 g/mol. The summed E-state index contributed by atoms with van der Waals surface area (Å²) in [6.45, 7) is -0.0266. The molecule has 9 nitrogen and oxygen atoms in total. The third kappa shape index (κ3) is 6.92. The zero-order chi connectivity index (χ0) is 31.2. The molecule has 2 aliphatic rings. The van der Waals surface area contributed by atoms with Gasteiger partial charge in [0.2, 0.25) is 0 Å². The first-order valence-electron chi connectivity index (χ1n) is 14.5. The Morgan fingerprint density at radius 3 is 2.00 bits per heavy atom. The first-order chi connectivity index (χ1) is 22.0. The third-order valence-corrected chi connectivity index (χ3v) is 9.93. The van der Waals surface area contributed by atoms with Gasteiger partial charge in [0, 0.05) is 0 Å². The Morgan fingerprint density at radius 2 is 1.36 bits per heavy atom. The van der Waals surface area contributed by atoms with Gasteiger partial charge in [-0.05, 0) is 0 Å². The van der Waals surface area contributed by atoms with Crippen molar-refractivity contribution < 1.29 is 38.4 Å². The number of hydrogen-bond acceptors (Lipinski definition) is 8. The molecule has 0 bridgehead atoms. The Labute approximate surface area is 266 Å². The van der Waals surface area contributed by atoms with Gasteiger partial charge < -0.3 is 0 Å². The Bertz CT molecular complexity index is 1590. The molecule has 0 saturated carbocycles. The summed E-state index contributed by atoms with van der Waals surface area (Å²) in [5, 5.41) is 11.9. The van der Waals surface area contributed by atoms with E-state index in [0.29, 0.717) is 10.9 Å². The molecule has 2 aliphatic heterocycles. The number of benzene rings is 4. The van der Waals surface area contributed by atoms with Gasteiger partial charge >= 0.3 is 267 Å². The summed E-state index contributed by atoms with van der Waals surface area (Å²) < 4.78 is 25.4. The predicted molar refractivity (Wildman–Crippen MR) is 165 cm³/mol. The molecule has 2 heterocycles. The van der Waals surface area contributed by atoms with Gasteiger partial charge in [-0.2, -0.15) is 0 Å². The summed E-state index contributed by atoms with van der Waals surface area (Å²) in [5.74, 6) is -1.82. The summed E-state index contributed by atoms with van der Waals surface area (Å²) in [6, 6.07) is 32.9. The quantitative estimate of drug-likeness (QED) is 0.0847. The van der Waals surface area contributed by atoms with E-state index in [1.807, 2.05) is 60.7 Å². The van der Waals surface area contributed by atoms with Crippen LogP contribution in [0.4, 0.5) is 0 Å². The van der Waals surface area contributed by atoms with Crippen molar-refractivity contribution >= 4 is 37.2 Å². The van der Waals surface area contributed by atoms with Crippen molar-refractivity contribution in [3.63, 3.8) is 0 Å². The summed E-state index contributed by atoms with van der Waals surface area (Å²) in [6.07, 6.45) is -4.69. The van der Waals surface area contributed by atoms with Gasteiger partial charge in [-0.25, -0.2) is 0 Å². The van der Waals surface area contributed by atoms with Crippen LogP contribution in [0.1, 0.15) is 36.6 Å². The van der Waals surface area contributed by atoms with E-state index in [-0.39, 0.29) is 39.5 Å². The molecular weight excluding hydrogens is 641 g/mol. The molecule has 2 amide bonds. The van der Waals surface area contributed by atoms with Crippen molar-refractivity contribution in [3.05, 3.63) is 138 Å². The van der Waals surface area contributed by atoms with Crippen LogP contribution in [-0.4, -0.2) is 80.2 Å². The van der Waals surface area contributed by atoms with Gasteiger partial charge in [0.05, 0.1) is 0 Å². The van der Waals surface area contributed by atoms with Gasteiger partial charge in [-0.15, -0.1) is 0 Å². The van der Waals surface area contributed by atoms with Crippen LogP contribution in [0, 0.1) is 0 Å². The molecule has 10 heteroatoms. The number of ether oxygens (including phenoxy) is 4. The second kappa shape index (κ2) is 14.3. The number of amides is 2. The van der Waals surface area contributed by atoms with Gasteiger partial charge in [0.15, 0.2) is 0 Å². The van der Waals surface area contributed by atoms with E-state index < -0.39 is 48.4 Å². The minimum atomic E-state index is -1.62. The van der Waals surface area contributed by atoms with Crippen molar-refractivity contribution in [3.8, 4) is 0 Å². The van der Waals surface area contributed by atoms with E-state index >= 15 is 0 Å². The molecule has 45 heavy (non-hydrogen) atoms. The molecule has 4 aromatic carbocycles. The molecule has 1 fully saturated rings. The number of esters is 1. The topological polar surface area (TPSA) is 112 Å². The Balaban J connectivity index is 1.32. The van der Waals surface area contributed by atoms with Crippen molar-refractivity contribution in [2.75, 3.05) is 6.79 Å². The fourth-order valence-corrected chi connectivity index (χ4v) is 7.49. The van der Waals surface area contributed by atoms with E-state index in [2.05, 4.69) is 0 Å². The van der Waals surface area contributed by atoms with E-state index in [1.165, 1.54) is 0 Å². The molecule has 6 rings (SSSR count). The zero-order valence-corrected chi connectivity index (χ0v) is 25.9. The summed E-state index contributed by atoms with van der Waals surface area (Å²) >= 11 is -0.125. The fraction of sp³-hybridized carbons (Fsp3) is 0.229. The third-order valence-electron chi connectivity index (χ3n) is 7.62. The van der Waals surface area contributed by atoms with Crippen LogP contribution >= 0.6 is 0 Å². The number of aliphatic hydroxyl groups is 1.